The topological polar surface area (TPSA) is 73.2 Å². The molecule has 0 saturated carbocycles. The molecule has 0 aliphatic rings. The molecule has 0 fully saturated rings. The van der Waals surface area contributed by atoms with Crippen LogP contribution in [0.1, 0.15) is 30.6 Å². The van der Waals surface area contributed by atoms with Gasteiger partial charge in [-0.1, -0.05) is 25.1 Å². The number of nitrogens with zero attached hydrogens (tertiary/aromatic N) is 2. The van der Waals surface area contributed by atoms with Gasteiger partial charge in [0.05, 0.1) is 17.4 Å². The molecular formula is C16H19N3O3. The Balaban J connectivity index is 1.99. The van der Waals surface area contributed by atoms with Crippen molar-refractivity contribution in [3.05, 3.63) is 48.3 Å². The number of para-hydroxylation sites is 1. The molecule has 0 spiro atoms. The Morgan fingerprint density at radius 1 is 1.32 bits per heavy atom. The molecule has 2 rings (SSSR count). The SMILES string of the molecule is CCCNC(=O)C(C)OC(=O)c1cnn(-c2ccccc2)c1. The molecule has 0 aliphatic heterocycles. The summed E-state index contributed by atoms with van der Waals surface area (Å²) in [5.41, 5.74) is 1.15. The van der Waals surface area contributed by atoms with Crippen LogP contribution < -0.4 is 5.32 Å². The van der Waals surface area contributed by atoms with Gasteiger partial charge in [-0.3, -0.25) is 4.79 Å². The van der Waals surface area contributed by atoms with Crippen molar-refractivity contribution in [3.63, 3.8) is 0 Å². The van der Waals surface area contributed by atoms with Crippen LogP contribution in [-0.2, 0) is 9.53 Å². The number of aromatic nitrogens is 2. The predicted molar refractivity (Wildman–Crippen MR) is 81.7 cm³/mol. The first-order valence-electron chi connectivity index (χ1n) is 7.20. The summed E-state index contributed by atoms with van der Waals surface area (Å²) in [6.07, 6.45) is 3.00. The van der Waals surface area contributed by atoms with E-state index in [0.717, 1.165) is 12.1 Å². The zero-order valence-electron chi connectivity index (χ0n) is 12.7. The van der Waals surface area contributed by atoms with E-state index < -0.39 is 12.1 Å². The highest BCUT2D eigenvalue weighted by Gasteiger charge is 2.19. The Kier molecular flexibility index (Phi) is 5.30. The molecule has 0 bridgehead atoms. The van der Waals surface area contributed by atoms with Crippen molar-refractivity contribution in [2.75, 3.05) is 6.54 Å². The Bertz CT molecular complexity index is 637. The van der Waals surface area contributed by atoms with Crippen LogP contribution in [0.5, 0.6) is 0 Å². The van der Waals surface area contributed by atoms with E-state index in [1.54, 1.807) is 17.8 Å². The van der Waals surface area contributed by atoms with Crippen LogP contribution in [0.15, 0.2) is 42.7 Å². The maximum absolute atomic E-state index is 12.0. The van der Waals surface area contributed by atoms with Gasteiger partial charge in [0.25, 0.3) is 5.91 Å². The lowest BCUT2D eigenvalue weighted by Gasteiger charge is -2.12. The number of nitrogens with one attached hydrogen (secondary N) is 1. The second kappa shape index (κ2) is 7.40. The maximum Gasteiger partial charge on any atom is 0.342 e. The summed E-state index contributed by atoms with van der Waals surface area (Å²) in [4.78, 5) is 23.7. The quantitative estimate of drug-likeness (QED) is 0.828. The number of hydrogen-bond acceptors (Lipinski definition) is 4. The second-order valence-corrected chi connectivity index (χ2v) is 4.85. The van der Waals surface area contributed by atoms with Crippen LogP contribution in [0.4, 0.5) is 0 Å². The number of hydrogen-bond donors (Lipinski definition) is 1. The fraction of sp³-hybridized carbons (Fsp3) is 0.312. The molecule has 1 aromatic heterocycles. The summed E-state index contributed by atoms with van der Waals surface area (Å²) < 4.78 is 6.72. The van der Waals surface area contributed by atoms with Crippen LogP contribution >= 0.6 is 0 Å². The van der Waals surface area contributed by atoms with Gasteiger partial charge in [-0.15, -0.1) is 0 Å². The number of benzene rings is 1. The summed E-state index contributed by atoms with van der Waals surface area (Å²) >= 11 is 0. The van der Waals surface area contributed by atoms with Gasteiger partial charge in [-0.2, -0.15) is 5.10 Å². The summed E-state index contributed by atoms with van der Waals surface area (Å²) in [7, 11) is 0. The Labute approximate surface area is 129 Å². The molecular weight excluding hydrogens is 282 g/mol. The molecule has 0 aliphatic carbocycles. The normalized spacial score (nSPS) is 11.7. The van der Waals surface area contributed by atoms with Gasteiger partial charge < -0.3 is 10.1 Å². The first-order chi connectivity index (χ1) is 10.6. The number of carbonyl (C=O) groups is 2. The van der Waals surface area contributed by atoms with Crippen LogP contribution in [0, 0.1) is 0 Å². The van der Waals surface area contributed by atoms with Crippen molar-refractivity contribution < 1.29 is 14.3 Å². The lowest BCUT2D eigenvalue weighted by atomic mass is 10.3. The molecule has 22 heavy (non-hydrogen) atoms. The van der Waals surface area contributed by atoms with Crippen LogP contribution in [0.2, 0.25) is 0 Å². The molecule has 1 aromatic carbocycles. The van der Waals surface area contributed by atoms with Gasteiger partial charge in [-0.05, 0) is 25.5 Å². The van der Waals surface area contributed by atoms with Crippen LogP contribution in [-0.4, -0.2) is 34.3 Å². The zero-order valence-corrected chi connectivity index (χ0v) is 12.7. The third-order valence-corrected chi connectivity index (χ3v) is 3.04. The zero-order chi connectivity index (χ0) is 15.9. The molecule has 6 nitrogen and oxygen atoms in total. The first-order valence-corrected chi connectivity index (χ1v) is 7.20. The van der Waals surface area contributed by atoms with E-state index in [4.69, 9.17) is 4.74 Å². The Morgan fingerprint density at radius 2 is 2.05 bits per heavy atom. The minimum absolute atomic E-state index is 0.300. The van der Waals surface area contributed by atoms with Gasteiger partial charge in [0.2, 0.25) is 0 Å². The van der Waals surface area contributed by atoms with E-state index in [0.29, 0.717) is 12.1 Å². The maximum atomic E-state index is 12.0. The molecule has 0 radical (unpaired) electrons. The summed E-state index contributed by atoms with van der Waals surface area (Å²) in [6.45, 7) is 4.06. The Morgan fingerprint density at radius 3 is 2.73 bits per heavy atom. The fourth-order valence-electron chi connectivity index (χ4n) is 1.82. The molecule has 1 heterocycles. The number of rotatable bonds is 6. The van der Waals surface area contributed by atoms with E-state index in [2.05, 4.69) is 10.4 Å². The standard InChI is InChI=1S/C16H19N3O3/c1-3-9-17-15(20)12(2)22-16(21)13-10-18-19(11-13)14-7-5-4-6-8-14/h4-8,10-12H,3,9H2,1-2H3,(H,17,20). The van der Waals surface area contributed by atoms with Gasteiger partial charge in [0, 0.05) is 12.7 Å². The molecule has 0 saturated heterocycles. The molecule has 1 amide bonds. The highest BCUT2D eigenvalue weighted by Crippen LogP contribution is 2.09. The average Bonchev–Trinajstić information content (AvgIpc) is 3.03. The van der Waals surface area contributed by atoms with E-state index in [9.17, 15) is 9.59 Å². The smallest absolute Gasteiger partial charge is 0.342 e. The highest BCUT2D eigenvalue weighted by molar-refractivity contribution is 5.91. The lowest BCUT2D eigenvalue weighted by molar-refractivity contribution is -0.129. The molecule has 1 atom stereocenters. The third kappa shape index (κ3) is 3.94. The van der Waals surface area contributed by atoms with Crippen LogP contribution in [0.3, 0.4) is 0 Å². The van der Waals surface area contributed by atoms with E-state index >= 15 is 0 Å². The van der Waals surface area contributed by atoms with Crippen molar-refractivity contribution in [2.24, 2.45) is 0 Å². The molecule has 1 N–H and O–H groups in total. The van der Waals surface area contributed by atoms with Gasteiger partial charge >= 0.3 is 5.97 Å². The molecule has 1 unspecified atom stereocenters. The second-order valence-electron chi connectivity index (χ2n) is 4.85. The van der Waals surface area contributed by atoms with Gasteiger partial charge in [0.1, 0.15) is 0 Å². The predicted octanol–water partition coefficient (Wildman–Crippen LogP) is 1.94. The van der Waals surface area contributed by atoms with Crippen molar-refractivity contribution in [1.82, 2.24) is 15.1 Å². The average molecular weight is 301 g/mol. The van der Waals surface area contributed by atoms with E-state index in [1.807, 2.05) is 37.3 Å². The summed E-state index contributed by atoms with van der Waals surface area (Å²) in [6, 6.07) is 9.43. The summed E-state index contributed by atoms with van der Waals surface area (Å²) in [5.74, 6) is -0.869. The number of amides is 1. The van der Waals surface area contributed by atoms with Crippen molar-refractivity contribution in [2.45, 2.75) is 26.4 Å². The first kappa shape index (κ1) is 15.8. The third-order valence-electron chi connectivity index (χ3n) is 3.04. The summed E-state index contributed by atoms with van der Waals surface area (Å²) in [5, 5.41) is 6.81. The van der Waals surface area contributed by atoms with Crippen molar-refractivity contribution in [3.8, 4) is 5.69 Å². The number of carbonyl (C=O) groups excluding carboxylic acids is 2. The largest absolute Gasteiger partial charge is 0.449 e. The number of esters is 1. The fourth-order valence-corrected chi connectivity index (χ4v) is 1.82. The molecule has 116 valence electrons. The van der Waals surface area contributed by atoms with Crippen LogP contribution in [0.25, 0.3) is 5.69 Å². The monoisotopic (exact) mass is 301 g/mol. The number of ether oxygens (including phenoxy) is 1. The van der Waals surface area contributed by atoms with Crippen molar-refractivity contribution >= 4 is 11.9 Å². The lowest BCUT2D eigenvalue weighted by Crippen LogP contribution is -2.36. The molecule has 6 heteroatoms. The van der Waals surface area contributed by atoms with E-state index in [-0.39, 0.29) is 5.91 Å². The van der Waals surface area contributed by atoms with Gasteiger partial charge in [0.15, 0.2) is 6.10 Å². The van der Waals surface area contributed by atoms with E-state index in [1.165, 1.54) is 6.20 Å². The highest BCUT2D eigenvalue weighted by atomic mass is 16.5. The van der Waals surface area contributed by atoms with Gasteiger partial charge in [-0.25, -0.2) is 9.48 Å². The minimum Gasteiger partial charge on any atom is -0.449 e. The Hall–Kier alpha value is -2.63. The molecule has 2 aromatic rings. The minimum atomic E-state index is -0.834. The van der Waals surface area contributed by atoms with Crippen molar-refractivity contribution in [1.29, 1.82) is 0 Å².